The third-order valence-electron chi connectivity index (χ3n) is 3.90. The molecule has 1 unspecified atom stereocenters. The van der Waals surface area contributed by atoms with Gasteiger partial charge in [0.25, 0.3) is 0 Å². The van der Waals surface area contributed by atoms with Crippen molar-refractivity contribution in [2.75, 3.05) is 11.1 Å². The smallest absolute Gasteiger partial charge is 0.340 e. The van der Waals surface area contributed by atoms with E-state index in [0.717, 1.165) is 12.8 Å². The maximum atomic E-state index is 13.3. The average molecular weight is 266 g/mol. The lowest BCUT2D eigenvalue weighted by atomic mass is 9.99. The second-order valence-corrected chi connectivity index (χ2v) is 5.17. The number of hydrogen-bond acceptors (Lipinski definition) is 3. The van der Waals surface area contributed by atoms with Gasteiger partial charge in [-0.25, -0.2) is 9.18 Å². The van der Waals surface area contributed by atoms with E-state index in [1.165, 1.54) is 25.0 Å². The van der Waals surface area contributed by atoms with Crippen molar-refractivity contribution < 1.29 is 14.3 Å². The van der Waals surface area contributed by atoms with Gasteiger partial charge in [-0.3, -0.25) is 0 Å². The van der Waals surface area contributed by atoms with E-state index in [-0.39, 0.29) is 17.3 Å². The average Bonchev–Trinajstić information content (AvgIpc) is 2.87. The number of nitrogen functional groups attached to an aromatic ring is 1. The number of carbonyl (C=O) groups is 1. The molecule has 19 heavy (non-hydrogen) atoms. The highest BCUT2D eigenvalue weighted by Gasteiger charge is 2.24. The lowest BCUT2D eigenvalue weighted by Crippen LogP contribution is -2.25. The van der Waals surface area contributed by atoms with Crippen LogP contribution in [0.2, 0.25) is 0 Å². The second-order valence-electron chi connectivity index (χ2n) is 5.17. The number of hydrogen-bond donors (Lipinski definition) is 3. The Bertz CT molecular complexity index is 485. The monoisotopic (exact) mass is 266 g/mol. The first-order chi connectivity index (χ1) is 9.00. The van der Waals surface area contributed by atoms with Gasteiger partial charge < -0.3 is 16.2 Å². The number of rotatable bonds is 4. The Hall–Kier alpha value is -1.78. The van der Waals surface area contributed by atoms with Crippen molar-refractivity contribution in [3.05, 3.63) is 23.5 Å². The number of anilines is 2. The Labute approximate surface area is 111 Å². The number of benzene rings is 1. The quantitative estimate of drug-likeness (QED) is 0.732. The van der Waals surface area contributed by atoms with E-state index in [9.17, 15) is 9.18 Å². The van der Waals surface area contributed by atoms with E-state index in [1.807, 2.05) is 6.92 Å². The van der Waals surface area contributed by atoms with Crippen LogP contribution in [0.1, 0.15) is 43.0 Å². The van der Waals surface area contributed by atoms with E-state index in [1.54, 1.807) is 0 Å². The molecule has 1 aromatic rings. The Morgan fingerprint density at radius 3 is 2.68 bits per heavy atom. The number of carboxylic acids is 1. The molecular weight excluding hydrogens is 247 g/mol. The first-order valence-electron chi connectivity index (χ1n) is 6.58. The molecule has 0 bridgehead atoms. The van der Waals surface area contributed by atoms with Gasteiger partial charge in [0.2, 0.25) is 0 Å². The van der Waals surface area contributed by atoms with Crippen molar-refractivity contribution >= 4 is 17.3 Å². The van der Waals surface area contributed by atoms with Crippen molar-refractivity contribution in [1.82, 2.24) is 0 Å². The Balaban J connectivity index is 2.24. The molecule has 1 aliphatic rings. The number of aromatic carboxylic acids is 1. The molecule has 0 aromatic heterocycles. The summed E-state index contributed by atoms with van der Waals surface area (Å²) in [6.45, 7) is 2.03. The zero-order chi connectivity index (χ0) is 14.0. The summed E-state index contributed by atoms with van der Waals surface area (Å²) in [5.74, 6) is -1.37. The maximum absolute atomic E-state index is 13.3. The van der Waals surface area contributed by atoms with E-state index in [2.05, 4.69) is 5.32 Å². The summed E-state index contributed by atoms with van der Waals surface area (Å²) in [6.07, 6.45) is 4.72. The highest BCUT2D eigenvalue weighted by atomic mass is 19.1. The molecule has 0 spiro atoms. The number of nitrogens with one attached hydrogen (secondary N) is 1. The molecule has 1 aliphatic carbocycles. The highest BCUT2D eigenvalue weighted by Crippen LogP contribution is 2.31. The molecule has 1 fully saturated rings. The van der Waals surface area contributed by atoms with Gasteiger partial charge in [-0.1, -0.05) is 12.8 Å². The van der Waals surface area contributed by atoms with Crippen LogP contribution in [-0.4, -0.2) is 17.1 Å². The van der Waals surface area contributed by atoms with Gasteiger partial charge in [-0.15, -0.1) is 0 Å². The van der Waals surface area contributed by atoms with Crippen LogP contribution in [0.4, 0.5) is 15.8 Å². The van der Waals surface area contributed by atoms with Gasteiger partial charge in [0.15, 0.2) is 0 Å². The van der Waals surface area contributed by atoms with Gasteiger partial charge in [0, 0.05) is 6.04 Å². The maximum Gasteiger partial charge on any atom is 0.340 e. The summed E-state index contributed by atoms with van der Waals surface area (Å²) in [6, 6.07) is 2.80. The van der Waals surface area contributed by atoms with Crippen molar-refractivity contribution in [3.8, 4) is 0 Å². The third-order valence-corrected chi connectivity index (χ3v) is 3.90. The molecule has 2 rings (SSSR count). The van der Waals surface area contributed by atoms with E-state index in [0.29, 0.717) is 11.6 Å². The SMILES string of the molecule is CC(Nc1ccc(F)c(N)c1C(=O)O)C1CCCC1. The molecule has 0 radical (unpaired) electrons. The normalized spacial score (nSPS) is 17.4. The van der Waals surface area contributed by atoms with Crippen molar-refractivity contribution in [2.45, 2.75) is 38.6 Å². The van der Waals surface area contributed by atoms with Gasteiger partial charge in [-0.05, 0) is 37.8 Å². The lowest BCUT2D eigenvalue weighted by Gasteiger charge is -2.23. The molecule has 1 atom stereocenters. The van der Waals surface area contributed by atoms with Crippen LogP contribution in [0.25, 0.3) is 0 Å². The van der Waals surface area contributed by atoms with Crippen LogP contribution in [0, 0.1) is 11.7 Å². The zero-order valence-corrected chi connectivity index (χ0v) is 10.9. The standard InChI is InChI=1S/C14H19FN2O2/c1-8(9-4-2-3-5-9)17-11-7-6-10(15)13(16)12(11)14(18)19/h6-9,17H,2-5,16H2,1H3,(H,18,19). The minimum absolute atomic E-state index is 0.158. The number of nitrogens with two attached hydrogens (primary N) is 1. The molecule has 1 aromatic carbocycles. The van der Waals surface area contributed by atoms with Crippen molar-refractivity contribution in [3.63, 3.8) is 0 Å². The predicted molar refractivity (Wildman–Crippen MR) is 72.8 cm³/mol. The number of halogens is 1. The van der Waals surface area contributed by atoms with Crippen LogP contribution >= 0.6 is 0 Å². The molecule has 0 aliphatic heterocycles. The van der Waals surface area contributed by atoms with Crippen molar-refractivity contribution in [1.29, 1.82) is 0 Å². The van der Waals surface area contributed by atoms with E-state index < -0.39 is 11.8 Å². The fourth-order valence-electron chi connectivity index (χ4n) is 2.77. The molecule has 4 N–H and O–H groups in total. The van der Waals surface area contributed by atoms with Crippen LogP contribution < -0.4 is 11.1 Å². The van der Waals surface area contributed by atoms with E-state index >= 15 is 0 Å². The second kappa shape index (κ2) is 5.47. The molecule has 4 nitrogen and oxygen atoms in total. The van der Waals surface area contributed by atoms with Crippen LogP contribution in [0.5, 0.6) is 0 Å². The minimum atomic E-state index is -1.21. The topological polar surface area (TPSA) is 75.3 Å². The summed E-state index contributed by atoms with van der Waals surface area (Å²) in [7, 11) is 0. The molecule has 5 heteroatoms. The van der Waals surface area contributed by atoms with Crippen LogP contribution in [0.3, 0.4) is 0 Å². The Kier molecular flexibility index (Phi) is 3.93. The summed E-state index contributed by atoms with van der Waals surface area (Å²) >= 11 is 0. The number of carboxylic acid groups (broad SMARTS) is 1. The first kappa shape index (κ1) is 13.6. The zero-order valence-electron chi connectivity index (χ0n) is 10.9. The molecule has 0 heterocycles. The summed E-state index contributed by atoms with van der Waals surface area (Å²) in [4.78, 5) is 11.2. The van der Waals surface area contributed by atoms with Gasteiger partial charge >= 0.3 is 5.97 Å². The fraction of sp³-hybridized carbons (Fsp3) is 0.500. The Morgan fingerprint density at radius 2 is 2.11 bits per heavy atom. The lowest BCUT2D eigenvalue weighted by molar-refractivity contribution is 0.0698. The molecular formula is C14H19FN2O2. The molecule has 0 amide bonds. The highest BCUT2D eigenvalue weighted by molar-refractivity contribution is 6.00. The van der Waals surface area contributed by atoms with Gasteiger partial charge in [-0.2, -0.15) is 0 Å². The minimum Gasteiger partial charge on any atom is -0.478 e. The fourth-order valence-corrected chi connectivity index (χ4v) is 2.77. The molecule has 104 valence electrons. The van der Waals surface area contributed by atoms with Crippen LogP contribution in [0.15, 0.2) is 12.1 Å². The molecule has 0 saturated heterocycles. The third kappa shape index (κ3) is 2.80. The summed E-state index contributed by atoms with van der Waals surface area (Å²) < 4.78 is 13.3. The van der Waals surface area contributed by atoms with Crippen molar-refractivity contribution in [2.24, 2.45) is 5.92 Å². The Morgan fingerprint density at radius 1 is 1.47 bits per heavy atom. The molecule has 1 saturated carbocycles. The van der Waals surface area contributed by atoms with Gasteiger partial charge in [0.05, 0.1) is 11.4 Å². The largest absolute Gasteiger partial charge is 0.478 e. The van der Waals surface area contributed by atoms with Gasteiger partial charge in [0.1, 0.15) is 11.4 Å². The first-order valence-corrected chi connectivity index (χ1v) is 6.58. The summed E-state index contributed by atoms with van der Waals surface area (Å²) in [5.41, 5.74) is 5.43. The summed E-state index contributed by atoms with van der Waals surface area (Å²) in [5, 5.41) is 12.3. The van der Waals surface area contributed by atoms with Crippen LogP contribution in [-0.2, 0) is 0 Å². The van der Waals surface area contributed by atoms with E-state index in [4.69, 9.17) is 10.8 Å². The predicted octanol–water partition coefficient (Wildman–Crippen LogP) is 3.10.